The Morgan fingerprint density at radius 1 is 0.769 bits per heavy atom. The van der Waals surface area contributed by atoms with E-state index in [0.29, 0.717) is 6.29 Å². The zero-order chi connectivity index (χ0) is 18.2. The van der Waals surface area contributed by atoms with Gasteiger partial charge in [-0.3, -0.25) is 0 Å². The molecule has 0 bridgehead atoms. The Hall–Kier alpha value is -2.75. The van der Waals surface area contributed by atoms with Gasteiger partial charge in [0, 0.05) is 6.42 Å². The summed E-state index contributed by atoms with van der Waals surface area (Å²) >= 11 is 0. The van der Waals surface area contributed by atoms with Gasteiger partial charge >= 0.3 is 0 Å². The van der Waals surface area contributed by atoms with Gasteiger partial charge in [0.1, 0.15) is 11.9 Å². The molecule has 0 aliphatic heterocycles. The van der Waals surface area contributed by atoms with E-state index < -0.39 is 11.7 Å². The molecule has 0 unspecified atom stereocenters. The molecule has 1 N–H and O–H groups in total. The molecule has 3 rings (SSSR count). The summed E-state index contributed by atoms with van der Waals surface area (Å²) in [6.45, 7) is 0.0530. The van der Waals surface area contributed by atoms with Gasteiger partial charge in [0.05, 0.1) is 12.7 Å². The van der Waals surface area contributed by atoms with Crippen molar-refractivity contribution in [3.05, 3.63) is 108 Å². The maximum absolute atomic E-state index is 10.7. The van der Waals surface area contributed by atoms with Crippen LogP contribution in [0, 0.1) is 0 Å². The lowest BCUT2D eigenvalue weighted by molar-refractivity contribution is -0.111. The second-order valence-electron chi connectivity index (χ2n) is 6.15. The maximum atomic E-state index is 10.7. The maximum Gasteiger partial charge on any atom is 0.143 e. The Morgan fingerprint density at radius 3 is 1.50 bits per heavy atom. The highest BCUT2D eigenvalue weighted by Gasteiger charge is 2.37. The summed E-state index contributed by atoms with van der Waals surface area (Å²) < 4.78 is 6.39. The van der Waals surface area contributed by atoms with Gasteiger partial charge in [-0.15, -0.1) is 0 Å². The van der Waals surface area contributed by atoms with Crippen molar-refractivity contribution in [2.24, 2.45) is 0 Å². The molecule has 0 amide bonds. The van der Waals surface area contributed by atoms with Gasteiger partial charge < -0.3 is 14.6 Å². The Bertz CT molecular complexity index is 704. The first kappa shape index (κ1) is 18.1. The molecular formula is C23H22O3. The van der Waals surface area contributed by atoms with Gasteiger partial charge in [-0.2, -0.15) is 0 Å². The average molecular weight is 346 g/mol. The number of carbonyl (C=O) groups is 1. The zero-order valence-electron chi connectivity index (χ0n) is 14.5. The van der Waals surface area contributed by atoms with Crippen LogP contribution in [0.15, 0.2) is 91.0 Å². The largest absolute Gasteiger partial charge is 0.390 e. The summed E-state index contributed by atoms with van der Waals surface area (Å²) in [6, 6.07) is 29.9. The van der Waals surface area contributed by atoms with Gasteiger partial charge in [-0.1, -0.05) is 91.0 Å². The molecule has 0 spiro atoms. The van der Waals surface area contributed by atoms with Crippen molar-refractivity contribution in [2.75, 3.05) is 6.61 Å². The predicted molar refractivity (Wildman–Crippen MR) is 102 cm³/mol. The van der Waals surface area contributed by atoms with Crippen LogP contribution in [-0.2, 0) is 15.1 Å². The molecule has 0 saturated heterocycles. The Morgan fingerprint density at radius 2 is 1.15 bits per heavy atom. The molecule has 1 atom stereocenters. The van der Waals surface area contributed by atoms with Crippen LogP contribution in [0.3, 0.4) is 0 Å². The zero-order valence-corrected chi connectivity index (χ0v) is 14.5. The Balaban J connectivity index is 2.16. The van der Waals surface area contributed by atoms with E-state index in [1.165, 1.54) is 0 Å². The molecule has 0 aliphatic carbocycles. The summed E-state index contributed by atoms with van der Waals surface area (Å²) in [5, 5.41) is 10.1. The van der Waals surface area contributed by atoms with Crippen LogP contribution in [0.1, 0.15) is 23.1 Å². The van der Waals surface area contributed by atoms with Crippen molar-refractivity contribution in [1.29, 1.82) is 0 Å². The van der Waals surface area contributed by atoms with E-state index in [9.17, 15) is 9.90 Å². The smallest absolute Gasteiger partial charge is 0.143 e. The first-order valence-electron chi connectivity index (χ1n) is 8.69. The minimum atomic E-state index is -0.867. The topological polar surface area (TPSA) is 46.5 Å². The fourth-order valence-electron chi connectivity index (χ4n) is 3.17. The molecule has 0 aromatic heterocycles. The second kappa shape index (κ2) is 8.56. The summed E-state index contributed by atoms with van der Waals surface area (Å²) in [4.78, 5) is 10.7. The molecule has 0 radical (unpaired) electrons. The van der Waals surface area contributed by atoms with Crippen molar-refractivity contribution in [1.82, 2.24) is 0 Å². The Kier molecular flexibility index (Phi) is 5.95. The van der Waals surface area contributed by atoms with Gasteiger partial charge in [-0.25, -0.2) is 0 Å². The van der Waals surface area contributed by atoms with Crippen molar-refractivity contribution in [3.8, 4) is 0 Å². The second-order valence-corrected chi connectivity index (χ2v) is 6.15. The SMILES string of the molecule is O=CC[C@H](O)COC(c1ccccc1)(c1ccccc1)c1ccccc1. The van der Waals surface area contributed by atoms with Crippen LogP contribution in [0.5, 0.6) is 0 Å². The lowest BCUT2D eigenvalue weighted by atomic mass is 9.80. The van der Waals surface area contributed by atoms with E-state index in [0.717, 1.165) is 16.7 Å². The normalized spacial score (nSPS) is 12.5. The number of aliphatic hydroxyl groups excluding tert-OH is 1. The van der Waals surface area contributed by atoms with Crippen LogP contribution >= 0.6 is 0 Å². The number of hydrogen-bond acceptors (Lipinski definition) is 3. The molecular weight excluding hydrogens is 324 g/mol. The third-order valence-corrected chi connectivity index (χ3v) is 4.40. The summed E-state index contributed by atoms with van der Waals surface area (Å²) in [7, 11) is 0. The summed E-state index contributed by atoms with van der Waals surface area (Å²) in [5.74, 6) is 0. The number of benzene rings is 3. The third kappa shape index (κ3) is 3.74. The van der Waals surface area contributed by atoms with Crippen LogP contribution in [0.25, 0.3) is 0 Å². The number of ether oxygens (including phenoxy) is 1. The van der Waals surface area contributed by atoms with E-state index in [4.69, 9.17) is 4.74 Å². The molecule has 0 fully saturated rings. The van der Waals surface area contributed by atoms with E-state index in [1.807, 2.05) is 91.0 Å². The van der Waals surface area contributed by atoms with Crippen LogP contribution < -0.4 is 0 Å². The fraction of sp³-hybridized carbons (Fsp3) is 0.174. The molecule has 0 heterocycles. The van der Waals surface area contributed by atoms with Gasteiger partial charge in [-0.05, 0) is 16.7 Å². The molecule has 3 heteroatoms. The van der Waals surface area contributed by atoms with Crippen molar-refractivity contribution in [3.63, 3.8) is 0 Å². The van der Waals surface area contributed by atoms with Crippen molar-refractivity contribution < 1.29 is 14.6 Å². The molecule has 3 aromatic carbocycles. The predicted octanol–water partition coefficient (Wildman–Crippen LogP) is 3.95. The first-order chi connectivity index (χ1) is 12.8. The Labute approximate surface area is 153 Å². The van der Waals surface area contributed by atoms with Crippen LogP contribution in [0.4, 0.5) is 0 Å². The van der Waals surface area contributed by atoms with E-state index in [2.05, 4.69) is 0 Å². The molecule has 3 aromatic rings. The first-order valence-corrected chi connectivity index (χ1v) is 8.69. The lowest BCUT2D eigenvalue weighted by Gasteiger charge is -2.36. The monoisotopic (exact) mass is 346 g/mol. The minimum absolute atomic E-state index is 0.0500. The minimum Gasteiger partial charge on any atom is -0.390 e. The molecule has 3 nitrogen and oxygen atoms in total. The van der Waals surface area contributed by atoms with Crippen LogP contribution in [-0.4, -0.2) is 24.1 Å². The highest BCUT2D eigenvalue weighted by molar-refractivity contribution is 5.50. The number of rotatable bonds is 8. The molecule has 0 saturated carbocycles. The van der Waals surface area contributed by atoms with Crippen molar-refractivity contribution >= 4 is 6.29 Å². The summed E-state index contributed by atoms with van der Waals surface area (Å²) in [6.07, 6.45) is -0.0828. The van der Waals surface area contributed by atoms with E-state index in [1.54, 1.807) is 0 Å². The van der Waals surface area contributed by atoms with E-state index in [-0.39, 0.29) is 13.0 Å². The number of aliphatic hydroxyl groups is 1. The average Bonchev–Trinajstić information content (AvgIpc) is 2.71. The molecule has 26 heavy (non-hydrogen) atoms. The van der Waals surface area contributed by atoms with Crippen LogP contribution in [0.2, 0.25) is 0 Å². The number of aldehydes is 1. The number of carbonyl (C=O) groups excluding carboxylic acids is 1. The fourth-order valence-corrected chi connectivity index (χ4v) is 3.17. The molecule has 0 aliphatic rings. The van der Waals surface area contributed by atoms with E-state index >= 15 is 0 Å². The third-order valence-electron chi connectivity index (χ3n) is 4.40. The summed E-state index contributed by atoms with van der Waals surface area (Å²) in [5.41, 5.74) is 2.04. The standard InChI is InChI=1S/C23H22O3/c24-17-16-22(25)18-26-23(19-10-4-1-5-11-19,20-12-6-2-7-13-20)21-14-8-3-9-15-21/h1-15,17,22,25H,16,18H2/t22-/m0/s1. The highest BCUT2D eigenvalue weighted by Crippen LogP contribution is 2.40. The highest BCUT2D eigenvalue weighted by atomic mass is 16.5. The number of hydrogen-bond donors (Lipinski definition) is 1. The van der Waals surface area contributed by atoms with Gasteiger partial charge in [0.15, 0.2) is 0 Å². The van der Waals surface area contributed by atoms with Gasteiger partial charge in [0.2, 0.25) is 0 Å². The quantitative estimate of drug-likeness (QED) is 0.496. The lowest BCUT2D eigenvalue weighted by Crippen LogP contribution is -2.35. The van der Waals surface area contributed by atoms with Crippen molar-refractivity contribution in [2.45, 2.75) is 18.1 Å². The molecule has 132 valence electrons. The van der Waals surface area contributed by atoms with Gasteiger partial charge in [0.25, 0.3) is 0 Å².